The summed E-state index contributed by atoms with van der Waals surface area (Å²) in [5.74, 6) is 0. The summed E-state index contributed by atoms with van der Waals surface area (Å²) in [5, 5.41) is 14.2. The molecule has 1 heterocycles. The summed E-state index contributed by atoms with van der Waals surface area (Å²) in [5.41, 5.74) is 2.84. The molecule has 0 bridgehead atoms. The molecule has 0 saturated heterocycles. The second-order valence-corrected chi connectivity index (χ2v) is 5.42. The predicted octanol–water partition coefficient (Wildman–Crippen LogP) is 3.93. The van der Waals surface area contributed by atoms with Crippen molar-refractivity contribution in [3.05, 3.63) is 34.0 Å². The first kappa shape index (κ1) is 11.9. The fourth-order valence-electron chi connectivity index (χ4n) is 2.26. The quantitative estimate of drug-likeness (QED) is 0.768. The maximum absolute atomic E-state index is 9.96. The van der Waals surface area contributed by atoms with Crippen LogP contribution in [0.4, 0.5) is 0 Å². The van der Waals surface area contributed by atoms with Crippen LogP contribution in [-0.2, 0) is 6.42 Å². The van der Waals surface area contributed by atoms with Gasteiger partial charge in [0.1, 0.15) is 0 Å². The van der Waals surface area contributed by atoms with Crippen LogP contribution in [0.2, 0.25) is 0 Å². The molecule has 88 valence electrons. The number of aryl methyl sites for hydroxylation is 1. The first-order valence-corrected chi connectivity index (χ1v) is 7.16. The van der Waals surface area contributed by atoms with Gasteiger partial charge in [0.2, 0.25) is 0 Å². The second kappa shape index (κ2) is 6.21. The van der Waals surface area contributed by atoms with E-state index in [-0.39, 0.29) is 6.10 Å². The molecule has 0 saturated carbocycles. The van der Waals surface area contributed by atoms with Gasteiger partial charge in [0.15, 0.2) is 0 Å². The molecule has 1 nitrogen and oxygen atoms in total. The Morgan fingerprint density at radius 1 is 1.38 bits per heavy atom. The summed E-state index contributed by atoms with van der Waals surface area (Å²) >= 11 is 1.73. The van der Waals surface area contributed by atoms with Gasteiger partial charge in [-0.1, -0.05) is 11.6 Å². The minimum Gasteiger partial charge on any atom is -0.393 e. The number of hydrogen-bond donors (Lipinski definition) is 1. The van der Waals surface area contributed by atoms with Crippen LogP contribution < -0.4 is 0 Å². The van der Waals surface area contributed by atoms with E-state index in [1.54, 1.807) is 11.3 Å². The Hall–Kier alpha value is -0.600. The van der Waals surface area contributed by atoms with Gasteiger partial charge in [-0.15, -0.1) is 0 Å². The van der Waals surface area contributed by atoms with Crippen molar-refractivity contribution in [2.24, 2.45) is 0 Å². The van der Waals surface area contributed by atoms with Crippen molar-refractivity contribution in [3.8, 4) is 0 Å². The molecular formula is C14H20OS. The summed E-state index contributed by atoms with van der Waals surface area (Å²) in [4.78, 5) is 0. The van der Waals surface area contributed by atoms with Gasteiger partial charge in [-0.05, 0) is 67.3 Å². The Kier molecular flexibility index (Phi) is 4.61. The number of hydrogen-bond acceptors (Lipinski definition) is 2. The van der Waals surface area contributed by atoms with E-state index in [9.17, 15) is 5.11 Å². The zero-order valence-corrected chi connectivity index (χ0v) is 10.5. The van der Waals surface area contributed by atoms with Gasteiger partial charge in [0.05, 0.1) is 6.10 Å². The van der Waals surface area contributed by atoms with Gasteiger partial charge in [-0.3, -0.25) is 0 Å². The normalized spacial score (nSPS) is 18.2. The zero-order valence-electron chi connectivity index (χ0n) is 9.69. The standard InChI is InChI=1S/C14H20OS/c15-14(7-6-13-8-9-16-11-13)10-12-4-2-1-3-5-12/h4,8-9,11,14-15H,1-3,5-7,10H2. The number of aliphatic hydroxyl groups excluding tert-OH is 1. The van der Waals surface area contributed by atoms with Gasteiger partial charge in [0, 0.05) is 0 Å². The average molecular weight is 236 g/mol. The van der Waals surface area contributed by atoms with Crippen molar-refractivity contribution in [2.45, 2.75) is 51.0 Å². The number of thiophene rings is 1. The van der Waals surface area contributed by atoms with Gasteiger partial charge < -0.3 is 5.11 Å². The zero-order chi connectivity index (χ0) is 11.2. The molecule has 0 radical (unpaired) electrons. The first-order chi connectivity index (χ1) is 7.84. The van der Waals surface area contributed by atoms with E-state index in [1.165, 1.54) is 36.8 Å². The molecule has 1 aliphatic rings. The average Bonchev–Trinajstić information content (AvgIpc) is 2.81. The Morgan fingerprint density at radius 2 is 2.31 bits per heavy atom. The van der Waals surface area contributed by atoms with Crippen molar-refractivity contribution in [3.63, 3.8) is 0 Å². The highest BCUT2D eigenvalue weighted by molar-refractivity contribution is 7.07. The van der Waals surface area contributed by atoms with Crippen LogP contribution in [0.1, 0.15) is 44.1 Å². The summed E-state index contributed by atoms with van der Waals surface area (Å²) in [6.07, 6.45) is 10.0. The molecule has 1 aromatic heterocycles. The van der Waals surface area contributed by atoms with Crippen LogP contribution in [0.5, 0.6) is 0 Å². The molecule has 16 heavy (non-hydrogen) atoms. The largest absolute Gasteiger partial charge is 0.393 e. The minimum atomic E-state index is -0.149. The third-order valence-electron chi connectivity index (χ3n) is 3.23. The molecule has 1 N–H and O–H groups in total. The van der Waals surface area contributed by atoms with E-state index in [4.69, 9.17) is 0 Å². The Labute approximate surface area is 102 Å². The SMILES string of the molecule is OC(CCc1ccsc1)CC1=CCCCC1. The van der Waals surface area contributed by atoms with Crippen molar-refractivity contribution >= 4 is 11.3 Å². The van der Waals surface area contributed by atoms with Crippen LogP contribution in [0, 0.1) is 0 Å². The van der Waals surface area contributed by atoms with Gasteiger partial charge in [-0.25, -0.2) is 0 Å². The van der Waals surface area contributed by atoms with E-state index in [0.29, 0.717) is 0 Å². The molecule has 0 spiro atoms. The summed E-state index contributed by atoms with van der Waals surface area (Å²) < 4.78 is 0. The summed E-state index contributed by atoms with van der Waals surface area (Å²) in [7, 11) is 0. The van der Waals surface area contributed by atoms with Crippen molar-refractivity contribution in [1.29, 1.82) is 0 Å². The lowest BCUT2D eigenvalue weighted by molar-refractivity contribution is 0.163. The van der Waals surface area contributed by atoms with Crippen molar-refractivity contribution < 1.29 is 5.11 Å². The van der Waals surface area contributed by atoms with Gasteiger partial charge in [0.25, 0.3) is 0 Å². The minimum absolute atomic E-state index is 0.149. The molecule has 1 atom stereocenters. The third kappa shape index (κ3) is 3.76. The number of allylic oxidation sites excluding steroid dienone is 1. The van der Waals surface area contributed by atoms with E-state index < -0.39 is 0 Å². The molecule has 0 aromatic carbocycles. The van der Waals surface area contributed by atoms with Crippen molar-refractivity contribution in [1.82, 2.24) is 0 Å². The highest BCUT2D eigenvalue weighted by Gasteiger charge is 2.10. The van der Waals surface area contributed by atoms with Gasteiger partial charge in [-0.2, -0.15) is 11.3 Å². The fourth-order valence-corrected chi connectivity index (χ4v) is 2.97. The summed E-state index contributed by atoms with van der Waals surface area (Å²) in [6, 6.07) is 2.15. The number of rotatable bonds is 5. The van der Waals surface area contributed by atoms with E-state index >= 15 is 0 Å². The maximum Gasteiger partial charge on any atom is 0.0580 e. The molecular weight excluding hydrogens is 216 g/mol. The van der Waals surface area contributed by atoms with Crippen LogP contribution in [0.15, 0.2) is 28.5 Å². The smallest absolute Gasteiger partial charge is 0.0580 e. The lowest BCUT2D eigenvalue weighted by atomic mass is 9.93. The molecule has 0 aliphatic heterocycles. The maximum atomic E-state index is 9.96. The summed E-state index contributed by atoms with van der Waals surface area (Å²) in [6.45, 7) is 0. The molecule has 0 amide bonds. The van der Waals surface area contributed by atoms with Crippen LogP contribution in [-0.4, -0.2) is 11.2 Å². The fraction of sp³-hybridized carbons (Fsp3) is 0.571. The Bertz CT molecular complexity index is 327. The molecule has 2 rings (SSSR count). The van der Waals surface area contributed by atoms with E-state index in [2.05, 4.69) is 22.9 Å². The monoisotopic (exact) mass is 236 g/mol. The Balaban J connectivity index is 1.71. The number of aliphatic hydroxyl groups is 1. The van der Waals surface area contributed by atoms with Crippen LogP contribution in [0.3, 0.4) is 0 Å². The molecule has 2 heteroatoms. The van der Waals surface area contributed by atoms with Crippen LogP contribution in [0.25, 0.3) is 0 Å². The lowest BCUT2D eigenvalue weighted by Crippen LogP contribution is -2.10. The molecule has 1 aromatic rings. The Morgan fingerprint density at radius 3 is 3.00 bits per heavy atom. The molecule has 1 unspecified atom stereocenters. The third-order valence-corrected chi connectivity index (χ3v) is 3.96. The van der Waals surface area contributed by atoms with Gasteiger partial charge >= 0.3 is 0 Å². The van der Waals surface area contributed by atoms with E-state index in [0.717, 1.165) is 19.3 Å². The topological polar surface area (TPSA) is 20.2 Å². The highest BCUT2D eigenvalue weighted by atomic mass is 32.1. The second-order valence-electron chi connectivity index (χ2n) is 4.64. The first-order valence-electron chi connectivity index (χ1n) is 6.21. The molecule has 0 fully saturated rings. The highest BCUT2D eigenvalue weighted by Crippen LogP contribution is 2.22. The van der Waals surface area contributed by atoms with Crippen molar-refractivity contribution in [2.75, 3.05) is 0 Å². The van der Waals surface area contributed by atoms with Crippen LogP contribution >= 0.6 is 11.3 Å². The van der Waals surface area contributed by atoms with E-state index in [1.807, 2.05) is 0 Å². The predicted molar refractivity (Wildman–Crippen MR) is 69.8 cm³/mol. The lowest BCUT2D eigenvalue weighted by Gasteiger charge is -2.16. The molecule has 1 aliphatic carbocycles.